The zero-order chi connectivity index (χ0) is 15.0. The fourth-order valence-corrected chi connectivity index (χ4v) is 5.26. The van der Waals surface area contributed by atoms with E-state index in [1.807, 2.05) is 19.5 Å². The molecule has 1 heterocycles. The monoisotopic (exact) mass is 317 g/mol. The number of sulfonamides is 1. The summed E-state index contributed by atoms with van der Waals surface area (Å²) in [4.78, 5) is 2.16. The van der Waals surface area contributed by atoms with Crippen LogP contribution in [0.5, 0.6) is 0 Å². The van der Waals surface area contributed by atoms with Crippen LogP contribution in [0.3, 0.4) is 0 Å². The highest BCUT2D eigenvalue weighted by Gasteiger charge is 2.42. The minimum atomic E-state index is -3.40. The fraction of sp³-hybridized carbons (Fsp3) is 0.692. The Labute approximate surface area is 125 Å². The number of likely N-dealkylation sites (N-methyl/N-ethyl adjacent to an activating group) is 2. The average Bonchev–Trinajstić information content (AvgIpc) is 2.82. The van der Waals surface area contributed by atoms with Crippen molar-refractivity contribution in [2.75, 3.05) is 27.7 Å². The summed E-state index contributed by atoms with van der Waals surface area (Å²) < 4.78 is 27.0. The fourth-order valence-electron chi connectivity index (χ4n) is 2.58. The molecule has 0 bridgehead atoms. The van der Waals surface area contributed by atoms with Crippen LogP contribution >= 0.6 is 11.3 Å². The van der Waals surface area contributed by atoms with Gasteiger partial charge in [0.25, 0.3) is 10.0 Å². The lowest BCUT2D eigenvalue weighted by molar-refractivity contribution is 0.0455. The van der Waals surface area contributed by atoms with E-state index in [-0.39, 0.29) is 5.54 Å². The normalized spacial score (nSPS) is 18.5. The Balaban J connectivity index is 2.17. The van der Waals surface area contributed by atoms with E-state index in [4.69, 9.17) is 5.73 Å². The Bertz CT molecular complexity index is 562. The Morgan fingerprint density at radius 3 is 2.40 bits per heavy atom. The van der Waals surface area contributed by atoms with Crippen molar-refractivity contribution in [2.45, 2.75) is 35.6 Å². The molecular weight excluding hydrogens is 294 g/mol. The van der Waals surface area contributed by atoms with Gasteiger partial charge in [0.1, 0.15) is 4.21 Å². The average molecular weight is 317 g/mol. The van der Waals surface area contributed by atoms with Gasteiger partial charge in [-0.15, -0.1) is 11.3 Å². The first kappa shape index (κ1) is 15.9. The molecule has 0 radical (unpaired) electrons. The molecule has 0 aliphatic heterocycles. The molecule has 7 heteroatoms. The third kappa shape index (κ3) is 2.78. The quantitative estimate of drug-likeness (QED) is 0.859. The largest absolute Gasteiger partial charge is 0.326 e. The molecular formula is C13H23N3O2S2. The molecule has 20 heavy (non-hydrogen) atoms. The van der Waals surface area contributed by atoms with Crippen molar-refractivity contribution in [3.8, 4) is 0 Å². The van der Waals surface area contributed by atoms with Gasteiger partial charge in [0.05, 0.1) is 0 Å². The van der Waals surface area contributed by atoms with Crippen LogP contribution in [0.2, 0.25) is 0 Å². The van der Waals surface area contributed by atoms with Crippen molar-refractivity contribution in [3.05, 3.63) is 17.0 Å². The molecule has 114 valence electrons. The summed E-state index contributed by atoms with van der Waals surface area (Å²) in [6, 6.07) is 1.68. The predicted octanol–water partition coefficient (Wildman–Crippen LogP) is 1.31. The molecule has 1 aromatic rings. The summed E-state index contributed by atoms with van der Waals surface area (Å²) in [7, 11) is 2.32. The highest BCUT2D eigenvalue weighted by Crippen LogP contribution is 2.37. The van der Waals surface area contributed by atoms with Gasteiger partial charge < -0.3 is 10.6 Å². The SMILES string of the molecule is CN(C)C1(CN(C)S(=O)(=O)c2cc(CN)cs2)CCC1. The molecule has 1 fully saturated rings. The summed E-state index contributed by atoms with van der Waals surface area (Å²) in [5.74, 6) is 0. The number of nitrogens with two attached hydrogens (primary N) is 1. The Morgan fingerprint density at radius 2 is 2.00 bits per heavy atom. The number of nitrogens with zero attached hydrogens (tertiary/aromatic N) is 2. The van der Waals surface area contributed by atoms with E-state index in [0.29, 0.717) is 17.3 Å². The van der Waals surface area contributed by atoms with E-state index in [9.17, 15) is 8.42 Å². The van der Waals surface area contributed by atoms with Crippen LogP contribution in [0.15, 0.2) is 15.7 Å². The van der Waals surface area contributed by atoms with Gasteiger partial charge in [-0.3, -0.25) is 0 Å². The predicted molar refractivity (Wildman–Crippen MR) is 82.3 cm³/mol. The molecule has 0 unspecified atom stereocenters. The zero-order valence-electron chi connectivity index (χ0n) is 12.3. The van der Waals surface area contributed by atoms with Gasteiger partial charge in [-0.2, -0.15) is 4.31 Å². The van der Waals surface area contributed by atoms with Gasteiger partial charge in [-0.1, -0.05) is 0 Å². The van der Waals surface area contributed by atoms with Crippen molar-refractivity contribution < 1.29 is 8.42 Å². The Hall–Kier alpha value is -0.470. The molecule has 5 nitrogen and oxygen atoms in total. The highest BCUT2D eigenvalue weighted by molar-refractivity contribution is 7.91. The molecule has 1 saturated carbocycles. The summed E-state index contributed by atoms with van der Waals surface area (Å²) in [5, 5.41) is 1.81. The summed E-state index contributed by atoms with van der Waals surface area (Å²) >= 11 is 1.25. The molecule has 0 amide bonds. The molecule has 1 aliphatic rings. The number of hydrogen-bond donors (Lipinski definition) is 1. The number of rotatable bonds is 6. The van der Waals surface area contributed by atoms with Gasteiger partial charge in [0.15, 0.2) is 0 Å². The second-order valence-electron chi connectivity index (χ2n) is 5.71. The zero-order valence-corrected chi connectivity index (χ0v) is 13.9. The van der Waals surface area contributed by atoms with E-state index in [0.717, 1.165) is 18.4 Å². The second kappa shape index (κ2) is 5.73. The van der Waals surface area contributed by atoms with Gasteiger partial charge in [-0.25, -0.2) is 8.42 Å². The molecule has 1 aliphatic carbocycles. The third-order valence-electron chi connectivity index (χ3n) is 4.28. The molecule has 1 aromatic heterocycles. The lowest BCUT2D eigenvalue weighted by Crippen LogP contribution is -2.57. The Morgan fingerprint density at radius 1 is 1.35 bits per heavy atom. The standard InChI is InChI=1S/C13H23N3O2S2/c1-15(2)13(5-4-6-13)10-16(3)20(17,18)12-7-11(8-14)9-19-12/h7,9H,4-6,8,10,14H2,1-3H3. The molecule has 2 rings (SSSR count). The van der Waals surface area contributed by atoms with E-state index < -0.39 is 10.0 Å². The maximum absolute atomic E-state index is 12.6. The van der Waals surface area contributed by atoms with Crippen molar-refractivity contribution >= 4 is 21.4 Å². The van der Waals surface area contributed by atoms with Crippen LogP contribution in [0.1, 0.15) is 24.8 Å². The molecule has 0 atom stereocenters. The summed E-state index contributed by atoms with van der Waals surface area (Å²) in [6.07, 6.45) is 3.28. The lowest BCUT2D eigenvalue weighted by Gasteiger charge is -2.48. The molecule has 2 N–H and O–H groups in total. The van der Waals surface area contributed by atoms with Crippen molar-refractivity contribution in [2.24, 2.45) is 5.73 Å². The van der Waals surface area contributed by atoms with Crippen LogP contribution in [0.25, 0.3) is 0 Å². The van der Waals surface area contributed by atoms with E-state index in [2.05, 4.69) is 4.90 Å². The highest BCUT2D eigenvalue weighted by atomic mass is 32.2. The first-order valence-corrected chi connectivity index (χ1v) is 9.05. The first-order valence-electron chi connectivity index (χ1n) is 6.73. The minimum Gasteiger partial charge on any atom is -0.326 e. The molecule has 0 aromatic carbocycles. The number of thiophene rings is 1. The maximum atomic E-state index is 12.6. The van der Waals surface area contributed by atoms with Crippen molar-refractivity contribution in [1.82, 2.24) is 9.21 Å². The van der Waals surface area contributed by atoms with Gasteiger partial charge in [-0.05, 0) is 50.4 Å². The minimum absolute atomic E-state index is 0.00419. The Kier molecular flexibility index (Phi) is 4.56. The van der Waals surface area contributed by atoms with Gasteiger partial charge >= 0.3 is 0 Å². The van der Waals surface area contributed by atoms with Crippen LogP contribution < -0.4 is 5.73 Å². The first-order chi connectivity index (χ1) is 9.32. The lowest BCUT2D eigenvalue weighted by atomic mass is 9.75. The van der Waals surface area contributed by atoms with E-state index >= 15 is 0 Å². The van der Waals surface area contributed by atoms with Crippen LogP contribution in [0.4, 0.5) is 0 Å². The van der Waals surface area contributed by atoms with Crippen LogP contribution in [-0.2, 0) is 16.6 Å². The van der Waals surface area contributed by atoms with E-state index in [1.165, 1.54) is 22.1 Å². The summed E-state index contributed by atoms with van der Waals surface area (Å²) in [5.41, 5.74) is 6.41. The molecule has 0 saturated heterocycles. The molecule has 0 spiro atoms. The third-order valence-corrected chi connectivity index (χ3v) is 7.55. The van der Waals surface area contributed by atoms with Crippen LogP contribution in [0, 0.1) is 0 Å². The summed E-state index contributed by atoms with van der Waals surface area (Å²) in [6.45, 7) is 0.912. The van der Waals surface area contributed by atoms with E-state index in [1.54, 1.807) is 13.1 Å². The van der Waals surface area contributed by atoms with Crippen molar-refractivity contribution in [3.63, 3.8) is 0 Å². The van der Waals surface area contributed by atoms with Gasteiger partial charge in [0.2, 0.25) is 0 Å². The van der Waals surface area contributed by atoms with Crippen LogP contribution in [-0.4, -0.2) is 50.8 Å². The smallest absolute Gasteiger partial charge is 0.252 e. The number of hydrogen-bond acceptors (Lipinski definition) is 5. The maximum Gasteiger partial charge on any atom is 0.252 e. The van der Waals surface area contributed by atoms with Gasteiger partial charge in [0, 0.05) is 25.7 Å². The van der Waals surface area contributed by atoms with Crippen molar-refractivity contribution in [1.29, 1.82) is 0 Å². The second-order valence-corrected chi connectivity index (χ2v) is 8.89. The topological polar surface area (TPSA) is 66.6 Å².